The van der Waals surface area contributed by atoms with Crippen LogP contribution in [0.25, 0.3) is 11.0 Å². The van der Waals surface area contributed by atoms with E-state index in [-0.39, 0.29) is 29.0 Å². The molecule has 0 N–H and O–H groups in total. The third kappa shape index (κ3) is 5.34. The molecule has 3 aromatic rings. The van der Waals surface area contributed by atoms with Crippen LogP contribution in [-0.4, -0.2) is 17.8 Å². The molecule has 0 unspecified atom stereocenters. The number of alkyl halides is 3. The van der Waals surface area contributed by atoms with E-state index in [9.17, 15) is 22.4 Å². The van der Waals surface area contributed by atoms with Gasteiger partial charge in [-0.15, -0.1) is 0 Å². The van der Waals surface area contributed by atoms with Crippen molar-refractivity contribution in [2.45, 2.75) is 40.3 Å². The molecule has 3 rings (SSSR count). The first-order valence-electron chi connectivity index (χ1n) is 9.01. The summed E-state index contributed by atoms with van der Waals surface area (Å²) >= 11 is 0. The first-order chi connectivity index (χ1) is 13.7. The molecule has 0 bridgehead atoms. The second kappa shape index (κ2) is 9.07. The molecule has 0 radical (unpaired) electrons. The lowest BCUT2D eigenvalue weighted by atomic mass is 9.99. The Morgan fingerprint density at radius 2 is 1.83 bits per heavy atom. The molecule has 4 nitrogen and oxygen atoms in total. The minimum atomic E-state index is -4.47. The van der Waals surface area contributed by atoms with Crippen molar-refractivity contribution in [3.63, 3.8) is 0 Å². The Balaban J connectivity index is 0.00000145. The monoisotopic (exact) mass is 411 g/mol. The van der Waals surface area contributed by atoms with Crippen LogP contribution in [0.3, 0.4) is 0 Å². The average molecular weight is 411 g/mol. The number of pyridine rings is 1. The molecule has 0 aliphatic carbocycles. The molecule has 0 aliphatic heterocycles. The van der Waals surface area contributed by atoms with Crippen LogP contribution in [-0.2, 0) is 6.42 Å². The molecule has 2 aromatic heterocycles. The van der Waals surface area contributed by atoms with E-state index >= 15 is 0 Å². The molecule has 0 saturated carbocycles. The van der Waals surface area contributed by atoms with Gasteiger partial charge >= 0.3 is 11.8 Å². The molecule has 0 fully saturated rings. The number of hydrogen-bond donors (Lipinski definition) is 0. The summed E-state index contributed by atoms with van der Waals surface area (Å²) in [5, 5.41) is 0.537. The number of rotatable bonds is 4. The lowest BCUT2D eigenvalue weighted by Crippen LogP contribution is -2.19. The molecule has 1 aromatic carbocycles. The van der Waals surface area contributed by atoms with E-state index in [0.29, 0.717) is 16.5 Å². The van der Waals surface area contributed by atoms with Gasteiger partial charge in [0.15, 0.2) is 6.61 Å². The largest absolute Gasteiger partial charge is 0.484 e. The second-order valence-electron chi connectivity index (χ2n) is 6.10. The van der Waals surface area contributed by atoms with Gasteiger partial charge in [-0.3, -0.25) is 4.98 Å². The van der Waals surface area contributed by atoms with Crippen LogP contribution in [0, 0.1) is 19.7 Å². The minimum absolute atomic E-state index is 0.0195. The maximum Gasteiger partial charge on any atom is 0.422 e. The fourth-order valence-corrected chi connectivity index (χ4v) is 2.76. The topological polar surface area (TPSA) is 52.3 Å². The molecule has 29 heavy (non-hydrogen) atoms. The second-order valence-corrected chi connectivity index (χ2v) is 6.10. The van der Waals surface area contributed by atoms with Crippen molar-refractivity contribution in [3.05, 3.63) is 69.1 Å². The number of hydrogen-bond acceptors (Lipinski definition) is 4. The maximum absolute atomic E-state index is 14.2. The molecule has 0 aliphatic rings. The number of benzene rings is 1. The van der Waals surface area contributed by atoms with Crippen LogP contribution in [0.5, 0.6) is 5.75 Å². The minimum Gasteiger partial charge on any atom is -0.484 e. The van der Waals surface area contributed by atoms with E-state index < -0.39 is 24.2 Å². The summed E-state index contributed by atoms with van der Waals surface area (Å²) in [4.78, 5) is 16.2. The van der Waals surface area contributed by atoms with Gasteiger partial charge in [-0.1, -0.05) is 13.8 Å². The number of nitrogens with zero attached hydrogens (tertiary/aromatic N) is 1. The number of halogens is 4. The summed E-state index contributed by atoms with van der Waals surface area (Å²) in [7, 11) is 0. The standard InChI is InChI=1S/C19H15F4NO3.C2H6/c1-10-14-4-3-13(26-9-19(21,22)23)8-16(14)27-18(25)15(10)7-12-5-6-24-11(2)17(12)20;1-2/h3-6,8H,7,9H2,1-2H3;1-2H3. The van der Waals surface area contributed by atoms with Crippen molar-refractivity contribution >= 4 is 11.0 Å². The van der Waals surface area contributed by atoms with Crippen LogP contribution in [0.2, 0.25) is 0 Å². The summed E-state index contributed by atoms with van der Waals surface area (Å²) in [5.41, 5.74) is 0.798. The normalized spacial score (nSPS) is 11.2. The quantitative estimate of drug-likeness (QED) is 0.420. The third-order valence-electron chi connectivity index (χ3n) is 4.17. The Morgan fingerprint density at radius 3 is 2.48 bits per heavy atom. The van der Waals surface area contributed by atoms with E-state index in [4.69, 9.17) is 4.42 Å². The fourth-order valence-electron chi connectivity index (χ4n) is 2.76. The van der Waals surface area contributed by atoms with Crippen LogP contribution >= 0.6 is 0 Å². The summed E-state index contributed by atoms with van der Waals surface area (Å²) in [6.07, 6.45) is -3.00. The van der Waals surface area contributed by atoms with Crippen molar-refractivity contribution in [1.29, 1.82) is 0 Å². The molecular weight excluding hydrogens is 390 g/mol. The lowest BCUT2D eigenvalue weighted by molar-refractivity contribution is -0.153. The zero-order chi connectivity index (χ0) is 21.8. The number of aryl methyl sites for hydroxylation is 2. The van der Waals surface area contributed by atoms with Crippen molar-refractivity contribution < 1.29 is 26.7 Å². The van der Waals surface area contributed by atoms with E-state index in [1.165, 1.54) is 37.4 Å². The summed E-state index contributed by atoms with van der Waals surface area (Å²) in [6, 6.07) is 5.59. The Bertz CT molecular complexity index is 1060. The van der Waals surface area contributed by atoms with E-state index in [0.717, 1.165) is 0 Å². The Kier molecular flexibility index (Phi) is 7.00. The highest BCUT2D eigenvalue weighted by Gasteiger charge is 2.28. The highest BCUT2D eigenvalue weighted by molar-refractivity contribution is 5.82. The molecule has 0 amide bonds. The van der Waals surface area contributed by atoms with Gasteiger partial charge in [-0.2, -0.15) is 13.2 Å². The van der Waals surface area contributed by atoms with Gasteiger partial charge in [0.2, 0.25) is 0 Å². The van der Waals surface area contributed by atoms with Gasteiger partial charge in [0.1, 0.15) is 17.1 Å². The number of ether oxygens (including phenoxy) is 1. The first-order valence-corrected chi connectivity index (χ1v) is 9.01. The van der Waals surface area contributed by atoms with Gasteiger partial charge in [0.05, 0.1) is 5.69 Å². The van der Waals surface area contributed by atoms with Gasteiger partial charge in [-0.25, -0.2) is 9.18 Å². The van der Waals surface area contributed by atoms with E-state index in [2.05, 4.69) is 9.72 Å². The van der Waals surface area contributed by atoms with Gasteiger partial charge < -0.3 is 9.15 Å². The number of aromatic nitrogens is 1. The van der Waals surface area contributed by atoms with Crippen molar-refractivity contribution in [2.24, 2.45) is 0 Å². The third-order valence-corrected chi connectivity index (χ3v) is 4.17. The SMILES string of the molecule is CC.Cc1nccc(Cc2c(C)c3ccc(OCC(F)(F)F)cc3oc2=O)c1F. The van der Waals surface area contributed by atoms with Crippen molar-refractivity contribution in [1.82, 2.24) is 4.98 Å². The van der Waals surface area contributed by atoms with E-state index in [1.54, 1.807) is 6.92 Å². The summed E-state index contributed by atoms with van der Waals surface area (Å²) in [6.45, 7) is 5.76. The Labute approximate surface area is 165 Å². The first kappa shape index (κ1) is 22.4. The summed E-state index contributed by atoms with van der Waals surface area (Å²) < 4.78 is 60.9. The maximum atomic E-state index is 14.2. The number of fused-ring (bicyclic) bond motifs is 1. The Morgan fingerprint density at radius 1 is 1.14 bits per heavy atom. The molecule has 0 spiro atoms. The highest BCUT2D eigenvalue weighted by Crippen LogP contribution is 2.27. The van der Waals surface area contributed by atoms with Gasteiger partial charge in [-0.05, 0) is 43.2 Å². The highest BCUT2D eigenvalue weighted by atomic mass is 19.4. The van der Waals surface area contributed by atoms with Crippen LogP contribution in [0.1, 0.15) is 36.2 Å². The molecular formula is C21H21F4NO3. The average Bonchev–Trinajstić information content (AvgIpc) is 2.67. The lowest BCUT2D eigenvalue weighted by Gasteiger charge is -2.12. The van der Waals surface area contributed by atoms with Crippen molar-refractivity contribution in [3.8, 4) is 5.75 Å². The van der Waals surface area contributed by atoms with E-state index in [1.807, 2.05) is 13.8 Å². The van der Waals surface area contributed by atoms with Crippen LogP contribution in [0.15, 0.2) is 39.7 Å². The molecule has 2 heterocycles. The fraction of sp³-hybridized carbons (Fsp3) is 0.333. The molecule has 156 valence electrons. The van der Waals surface area contributed by atoms with Gasteiger partial charge in [0, 0.05) is 29.6 Å². The summed E-state index contributed by atoms with van der Waals surface area (Å²) in [5.74, 6) is -0.557. The van der Waals surface area contributed by atoms with Crippen LogP contribution < -0.4 is 10.4 Å². The zero-order valence-corrected chi connectivity index (χ0v) is 16.5. The molecule has 0 saturated heterocycles. The molecule has 0 atom stereocenters. The van der Waals surface area contributed by atoms with Crippen LogP contribution in [0.4, 0.5) is 17.6 Å². The smallest absolute Gasteiger partial charge is 0.422 e. The predicted molar refractivity (Wildman–Crippen MR) is 102 cm³/mol. The Hall–Kier alpha value is -2.90. The zero-order valence-electron chi connectivity index (χ0n) is 16.5. The van der Waals surface area contributed by atoms with Gasteiger partial charge in [0.25, 0.3) is 0 Å². The molecule has 8 heteroatoms. The van der Waals surface area contributed by atoms with Crippen molar-refractivity contribution in [2.75, 3.05) is 6.61 Å². The predicted octanol–water partition coefficient (Wildman–Crippen LogP) is 5.50.